The van der Waals surface area contributed by atoms with Crippen molar-refractivity contribution in [2.45, 2.75) is 225 Å². The van der Waals surface area contributed by atoms with Gasteiger partial charge in [-0.15, -0.1) is 0 Å². The van der Waals surface area contributed by atoms with Gasteiger partial charge in [0.15, 0.2) is 6.10 Å². The maximum Gasteiger partial charge on any atom is 0.472 e. The fourth-order valence-corrected chi connectivity index (χ4v) is 7.34. The standard InChI is InChI=1S/C46H90NO8P/c1-6-8-10-12-14-16-17-18-19-20-21-22-23-24-25-26-27-28-29-31-33-35-37-39-46(49)55-44(43-54-56(50,51)53-41-40-47(3,4)5)42-52-45(48)38-36-34-32-30-15-13-11-9-7-2/h20-21,44H,6-19,22-43H2,1-5H3/p+1/b21-20-. The van der Waals surface area contributed by atoms with Crippen LogP contribution in [-0.2, 0) is 32.7 Å². The third kappa shape index (κ3) is 42.4. The van der Waals surface area contributed by atoms with Gasteiger partial charge in [-0.1, -0.05) is 180 Å². The SMILES string of the molecule is CCCCCCCCCC/C=C\CCCCCCCCCCCCCC(=O)OC(COC(=O)CCCCCCCCCCC)COP(=O)(O)OCC[N+](C)(C)C. The maximum atomic E-state index is 12.7. The van der Waals surface area contributed by atoms with Crippen molar-refractivity contribution in [1.82, 2.24) is 0 Å². The molecule has 0 radical (unpaired) electrons. The Kier molecular flexibility index (Phi) is 38.3. The molecule has 332 valence electrons. The molecule has 0 aromatic rings. The number of phosphoric acid groups is 1. The van der Waals surface area contributed by atoms with E-state index < -0.39 is 26.5 Å². The van der Waals surface area contributed by atoms with Gasteiger partial charge in [-0.25, -0.2) is 4.57 Å². The van der Waals surface area contributed by atoms with Gasteiger partial charge in [-0.05, 0) is 38.5 Å². The first-order chi connectivity index (χ1) is 27.0. The second-order valence-corrected chi connectivity index (χ2v) is 18.6. The fourth-order valence-electron chi connectivity index (χ4n) is 6.60. The Labute approximate surface area is 346 Å². The maximum absolute atomic E-state index is 12.7. The fraction of sp³-hybridized carbons (Fsp3) is 0.913. The number of hydrogen-bond donors (Lipinski definition) is 1. The summed E-state index contributed by atoms with van der Waals surface area (Å²) in [6.07, 6.45) is 41.3. The number of quaternary nitrogens is 1. The van der Waals surface area contributed by atoms with Crippen LogP contribution in [0.4, 0.5) is 0 Å². The zero-order valence-corrected chi connectivity index (χ0v) is 38.3. The van der Waals surface area contributed by atoms with Crippen LogP contribution in [0.3, 0.4) is 0 Å². The summed E-state index contributed by atoms with van der Waals surface area (Å²) in [6, 6.07) is 0. The van der Waals surface area contributed by atoms with Crippen molar-refractivity contribution >= 4 is 19.8 Å². The largest absolute Gasteiger partial charge is 0.472 e. The molecule has 0 aliphatic heterocycles. The number of carbonyl (C=O) groups excluding carboxylic acids is 2. The van der Waals surface area contributed by atoms with Gasteiger partial charge in [0, 0.05) is 12.8 Å². The van der Waals surface area contributed by atoms with Crippen molar-refractivity contribution in [3.05, 3.63) is 12.2 Å². The second-order valence-electron chi connectivity index (χ2n) is 17.1. The van der Waals surface area contributed by atoms with Crippen LogP contribution in [0.2, 0.25) is 0 Å². The van der Waals surface area contributed by atoms with E-state index >= 15 is 0 Å². The summed E-state index contributed by atoms with van der Waals surface area (Å²) in [5.74, 6) is -0.793. The zero-order chi connectivity index (χ0) is 41.4. The number of unbranched alkanes of at least 4 members (excludes halogenated alkanes) is 27. The van der Waals surface area contributed by atoms with Gasteiger partial charge in [0.25, 0.3) is 0 Å². The lowest BCUT2D eigenvalue weighted by atomic mass is 10.0. The van der Waals surface area contributed by atoms with Gasteiger partial charge in [-0.2, -0.15) is 0 Å². The molecule has 0 aromatic carbocycles. The highest BCUT2D eigenvalue weighted by Crippen LogP contribution is 2.43. The molecule has 0 aliphatic carbocycles. The van der Waals surface area contributed by atoms with Crippen LogP contribution in [0.15, 0.2) is 12.2 Å². The molecule has 10 heteroatoms. The third-order valence-corrected chi connectivity index (χ3v) is 11.3. The van der Waals surface area contributed by atoms with Crippen LogP contribution in [0.25, 0.3) is 0 Å². The van der Waals surface area contributed by atoms with Crippen molar-refractivity contribution in [2.24, 2.45) is 0 Å². The first-order valence-corrected chi connectivity index (χ1v) is 24.9. The molecule has 0 rings (SSSR count). The van der Waals surface area contributed by atoms with Gasteiger partial charge in [-0.3, -0.25) is 18.6 Å². The molecule has 0 aromatic heterocycles. The quantitative estimate of drug-likeness (QED) is 0.0213. The summed E-state index contributed by atoms with van der Waals surface area (Å²) in [4.78, 5) is 35.3. The summed E-state index contributed by atoms with van der Waals surface area (Å²) in [5, 5.41) is 0. The van der Waals surface area contributed by atoms with Gasteiger partial charge < -0.3 is 18.9 Å². The minimum Gasteiger partial charge on any atom is -0.462 e. The van der Waals surface area contributed by atoms with Crippen molar-refractivity contribution in [3.63, 3.8) is 0 Å². The summed E-state index contributed by atoms with van der Waals surface area (Å²) < 4.78 is 34.3. The lowest BCUT2D eigenvalue weighted by molar-refractivity contribution is -0.870. The van der Waals surface area contributed by atoms with E-state index in [1.807, 2.05) is 21.1 Å². The van der Waals surface area contributed by atoms with Crippen LogP contribution in [-0.4, -0.2) is 74.9 Å². The predicted molar refractivity (Wildman–Crippen MR) is 234 cm³/mol. The highest BCUT2D eigenvalue weighted by Gasteiger charge is 2.27. The molecule has 2 atom stereocenters. The molecule has 9 nitrogen and oxygen atoms in total. The Morgan fingerprint density at radius 3 is 1.32 bits per heavy atom. The third-order valence-electron chi connectivity index (χ3n) is 10.3. The average Bonchev–Trinajstić information content (AvgIpc) is 3.15. The van der Waals surface area contributed by atoms with Crippen LogP contribution in [0.1, 0.15) is 219 Å². The predicted octanol–water partition coefficient (Wildman–Crippen LogP) is 13.4. The number of hydrogen-bond acceptors (Lipinski definition) is 7. The normalized spacial score (nSPS) is 13.6. The minimum atomic E-state index is -4.37. The van der Waals surface area contributed by atoms with Crippen LogP contribution in [0, 0.1) is 0 Å². The van der Waals surface area contributed by atoms with E-state index in [2.05, 4.69) is 26.0 Å². The Morgan fingerprint density at radius 2 is 0.911 bits per heavy atom. The molecule has 0 heterocycles. The second kappa shape index (κ2) is 39.2. The van der Waals surface area contributed by atoms with Gasteiger partial charge in [0.05, 0.1) is 27.7 Å². The lowest BCUT2D eigenvalue weighted by Gasteiger charge is -2.24. The molecule has 0 bridgehead atoms. The topological polar surface area (TPSA) is 108 Å². The number of rotatable bonds is 43. The van der Waals surface area contributed by atoms with Crippen LogP contribution in [0.5, 0.6) is 0 Å². The van der Waals surface area contributed by atoms with Gasteiger partial charge >= 0.3 is 19.8 Å². The Balaban J connectivity index is 4.16. The molecule has 0 saturated carbocycles. The molecule has 0 saturated heterocycles. The monoisotopic (exact) mass is 817 g/mol. The lowest BCUT2D eigenvalue weighted by Crippen LogP contribution is -2.37. The highest BCUT2D eigenvalue weighted by atomic mass is 31.2. The van der Waals surface area contributed by atoms with E-state index in [1.54, 1.807) is 0 Å². The van der Waals surface area contributed by atoms with E-state index in [4.69, 9.17) is 18.5 Å². The van der Waals surface area contributed by atoms with Crippen LogP contribution < -0.4 is 0 Å². The van der Waals surface area contributed by atoms with E-state index in [0.717, 1.165) is 32.1 Å². The first-order valence-electron chi connectivity index (χ1n) is 23.4. The number of allylic oxidation sites excluding steroid dienone is 2. The number of ether oxygens (including phenoxy) is 2. The summed E-state index contributed by atoms with van der Waals surface area (Å²) >= 11 is 0. The Hall–Kier alpha value is -1.25. The smallest absolute Gasteiger partial charge is 0.462 e. The van der Waals surface area contributed by atoms with Gasteiger partial charge in [0.2, 0.25) is 0 Å². The molecule has 0 aliphatic rings. The Morgan fingerprint density at radius 1 is 0.536 bits per heavy atom. The van der Waals surface area contributed by atoms with E-state index in [9.17, 15) is 19.0 Å². The molecule has 0 fully saturated rings. The molecular weight excluding hydrogens is 725 g/mol. The molecule has 0 amide bonds. The number of nitrogens with zero attached hydrogens (tertiary/aromatic N) is 1. The number of likely N-dealkylation sites (N-methyl/N-ethyl adjacent to an activating group) is 1. The van der Waals surface area contributed by atoms with E-state index in [-0.39, 0.29) is 25.6 Å². The van der Waals surface area contributed by atoms with E-state index in [1.165, 1.54) is 154 Å². The molecule has 0 spiro atoms. The van der Waals surface area contributed by atoms with Crippen molar-refractivity contribution in [2.75, 3.05) is 47.5 Å². The molecule has 56 heavy (non-hydrogen) atoms. The highest BCUT2D eigenvalue weighted by molar-refractivity contribution is 7.47. The van der Waals surface area contributed by atoms with Crippen LogP contribution >= 0.6 is 7.82 Å². The van der Waals surface area contributed by atoms with Gasteiger partial charge in [0.1, 0.15) is 19.8 Å². The van der Waals surface area contributed by atoms with Crippen molar-refractivity contribution in [3.8, 4) is 0 Å². The first kappa shape index (κ1) is 54.8. The molecule has 2 unspecified atom stereocenters. The molecule has 1 N–H and O–H groups in total. The Bertz CT molecular complexity index is 969. The molecular formula is C46H91NO8P+. The minimum absolute atomic E-state index is 0.0347. The summed E-state index contributed by atoms with van der Waals surface area (Å²) in [5.41, 5.74) is 0. The van der Waals surface area contributed by atoms with Crippen molar-refractivity contribution < 1.29 is 42.1 Å². The number of phosphoric ester groups is 1. The van der Waals surface area contributed by atoms with E-state index in [0.29, 0.717) is 23.9 Å². The summed E-state index contributed by atoms with van der Waals surface area (Å²) in [7, 11) is 1.49. The zero-order valence-electron chi connectivity index (χ0n) is 37.4. The number of esters is 2. The summed E-state index contributed by atoms with van der Waals surface area (Å²) in [6.45, 7) is 4.42. The number of carbonyl (C=O) groups is 2. The average molecular weight is 817 g/mol. The van der Waals surface area contributed by atoms with Crippen molar-refractivity contribution in [1.29, 1.82) is 0 Å².